The molecule has 128 valence electrons. The number of carbonyl (C=O) groups is 1. The maximum Gasteiger partial charge on any atom is 0.271 e. The molecule has 1 saturated heterocycles. The zero-order valence-electron chi connectivity index (χ0n) is 13.3. The summed E-state index contributed by atoms with van der Waals surface area (Å²) in [4.78, 5) is 14.2. The zero-order chi connectivity index (χ0) is 15.9. The number of anilines is 1. The quantitative estimate of drug-likeness (QED) is 0.821. The summed E-state index contributed by atoms with van der Waals surface area (Å²) in [5, 5.41) is 3.08. The molecule has 1 aromatic heterocycles. The zero-order valence-corrected chi connectivity index (χ0v) is 14.1. The summed E-state index contributed by atoms with van der Waals surface area (Å²) in [5.74, 6) is 1.10. The van der Waals surface area contributed by atoms with Crippen molar-refractivity contribution in [3.05, 3.63) is 0 Å². The first-order chi connectivity index (χ1) is 11.3. The van der Waals surface area contributed by atoms with Gasteiger partial charge in [0.05, 0.1) is 24.9 Å². The van der Waals surface area contributed by atoms with E-state index in [1.807, 2.05) is 0 Å². The van der Waals surface area contributed by atoms with Crippen molar-refractivity contribution in [2.45, 2.75) is 44.6 Å². The normalized spacial score (nSPS) is 20.1. The van der Waals surface area contributed by atoms with E-state index in [-0.39, 0.29) is 12.5 Å². The highest BCUT2D eigenvalue weighted by Crippen LogP contribution is 2.26. The van der Waals surface area contributed by atoms with Crippen LogP contribution in [0.25, 0.3) is 0 Å². The second-order valence-corrected chi connectivity index (χ2v) is 6.57. The van der Waals surface area contributed by atoms with E-state index in [0.29, 0.717) is 25.1 Å². The minimum atomic E-state index is -0.0715. The number of aromatic nitrogens is 2. The van der Waals surface area contributed by atoms with Crippen LogP contribution in [0, 0.1) is 0 Å². The molecular formula is C15H24N4O3S. The average molecular weight is 340 g/mol. The van der Waals surface area contributed by atoms with E-state index in [1.165, 1.54) is 25.7 Å². The summed E-state index contributed by atoms with van der Waals surface area (Å²) in [6.45, 7) is 2.91. The second kappa shape index (κ2) is 8.44. The lowest BCUT2D eigenvalue weighted by Crippen LogP contribution is -2.38. The topological polar surface area (TPSA) is 76.6 Å². The summed E-state index contributed by atoms with van der Waals surface area (Å²) in [5.41, 5.74) is 0. The van der Waals surface area contributed by atoms with Gasteiger partial charge < -0.3 is 19.7 Å². The third kappa shape index (κ3) is 4.78. The van der Waals surface area contributed by atoms with E-state index in [4.69, 9.17) is 9.47 Å². The molecule has 23 heavy (non-hydrogen) atoms. The number of amides is 1. The first-order valence-electron chi connectivity index (χ1n) is 8.40. The lowest BCUT2D eigenvalue weighted by Gasteiger charge is -2.26. The van der Waals surface area contributed by atoms with Crippen molar-refractivity contribution in [3.8, 4) is 5.88 Å². The Morgan fingerprint density at radius 3 is 2.70 bits per heavy atom. The van der Waals surface area contributed by atoms with Gasteiger partial charge in [0.25, 0.3) is 11.8 Å². The standard InChI is InChI=1S/C15H24N4O3S/c20-13(16-12-5-3-1-2-4-6-12)11-22-15-14(17-23-18-15)19-7-9-21-10-8-19/h12H,1-11H2,(H,16,20). The van der Waals surface area contributed by atoms with Gasteiger partial charge >= 0.3 is 0 Å². The maximum absolute atomic E-state index is 12.1. The van der Waals surface area contributed by atoms with E-state index >= 15 is 0 Å². The summed E-state index contributed by atoms with van der Waals surface area (Å²) in [7, 11) is 0. The molecule has 1 N–H and O–H groups in total. The van der Waals surface area contributed by atoms with Crippen LogP contribution in [-0.4, -0.2) is 53.6 Å². The van der Waals surface area contributed by atoms with Crippen molar-refractivity contribution in [3.63, 3.8) is 0 Å². The Morgan fingerprint density at radius 1 is 1.22 bits per heavy atom. The van der Waals surface area contributed by atoms with Gasteiger partial charge in [-0.15, -0.1) is 4.37 Å². The molecule has 0 atom stereocenters. The van der Waals surface area contributed by atoms with Crippen molar-refractivity contribution >= 4 is 23.5 Å². The molecule has 0 spiro atoms. The third-order valence-corrected chi connectivity index (χ3v) is 4.82. The lowest BCUT2D eigenvalue weighted by atomic mass is 10.1. The summed E-state index contributed by atoms with van der Waals surface area (Å²) >= 11 is 1.11. The molecule has 1 saturated carbocycles. The Labute approximate surface area is 140 Å². The first-order valence-corrected chi connectivity index (χ1v) is 9.13. The molecule has 0 bridgehead atoms. The number of hydrogen-bond donors (Lipinski definition) is 1. The number of nitrogens with zero attached hydrogens (tertiary/aromatic N) is 3. The highest BCUT2D eigenvalue weighted by atomic mass is 32.1. The van der Waals surface area contributed by atoms with E-state index in [0.717, 1.165) is 43.5 Å². The van der Waals surface area contributed by atoms with Crippen molar-refractivity contribution < 1.29 is 14.3 Å². The van der Waals surface area contributed by atoms with Crippen LogP contribution in [0.2, 0.25) is 0 Å². The van der Waals surface area contributed by atoms with Crippen molar-refractivity contribution in [1.29, 1.82) is 0 Å². The molecule has 8 heteroatoms. The number of hydrogen-bond acceptors (Lipinski definition) is 7. The number of morpholine rings is 1. The van der Waals surface area contributed by atoms with E-state index in [9.17, 15) is 4.79 Å². The van der Waals surface area contributed by atoms with Gasteiger partial charge in [-0.3, -0.25) is 4.79 Å². The SMILES string of the molecule is O=C(COc1nsnc1N1CCOCC1)NC1CCCCCC1. The first kappa shape index (κ1) is 16.4. The molecule has 2 aliphatic rings. The second-order valence-electron chi connectivity index (χ2n) is 6.04. The van der Waals surface area contributed by atoms with Crippen LogP contribution in [0.15, 0.2) is 0 Å². The number of nitrogens with one attached hydrogen (secondary N) is 1. The van der Waals surface area contributed by atoms with Gasteiger partial charge in [-0.25, -0.2) is 0 Å². The van der Waals surface area contributed by atoms with Gasteiger partial charge in [-0.2, -0.15) is 4.37 Å². The van der Waals surface area contributed by atoms with Gasteiger partial charge in [-0.05, 0) is 12.8 Å². The smallest absolute Gasteiger partial charge is 0.271 e. The maximum atomic E-state index is 12.1. The third-order valence-electron chi connectivity index (χ3n) is 4.31. The molecule has 0 unspecified atom stereocenters. The minimum Gasteiger partial charge on any atom is -0.464 e. The Bertz CT molecular complexity index is 497. The van der Waals surface area contributed by atoms with Gasteiger partial charge in [0.2, 0.25) is 5.82 Å². The molecule has 1 aliphatic heterocycles. The molecule has 0 radical (unpaired) electrons. The van der Waals surface area contributed by atoms with Crippen LogP contribution in [0.4, 0.5) is 5.82 Å². The van der Waals surface area contributed by atoms with Crippen LogP contribution >= 0.6 is 11.7 Å². The minimum absolute atomic E-state index is 0.000741. The highest BCUT2D eigenvalue weighted by Gasteiger charge is 2.21. The number of carbonyl (C=O) groups excluding carboxylic acids is 1. The van der Waals surface area contributed by atoms with Gasteiger partial charge in [0.1, 0.15) is 0 Å². The molecular weight excluding hydrogens is 316 g/mol. The Balaban J connectivity index is 1.48. The molecule has 0 aromatic carbocycles. The van der Waals surface area contributed by atoms with Crippen LogP contribution in [0.3, 0.4) is 0 Å². The van der Waals surface area contributed by atoms with Crippen molar-refractivity contribution in [1.82, 2.24) is 14.1 Å². The molecule has 7 nitrogen and oxygen atoms in total. The van der Waals surface area contributed by atoms with Crippen molar-refractivity contribution in [2.24, 2.45) is 0 Å². The summed E-state index contributed by atoms with van der Waals surface area (Å²) < 4.78 is 19.4. The van der Waals surface area contributed by atoms with Crippen LogP contribution in [0.5, 0.6) is 5.88 Å². The van der Waals surface area contributed by atoms with E-state index in [1.54, 1.807) is 0 Å². The molecule has 1 aliphatic carbocycles. The lowest BCUT2D eigenvalue weighted by molar-refractivity contribution is -0.123. The summed E-state index contributed by atoms with van der Waals surface area (Å²) in [6, 6.07) is 0.292. The predicted octanol–water partition coefficient (Wildman–Crippen LogP) is 1.59. The van der Waals surface area contributed by atoms with E-state index in [2.05, 4.69) is 19.0 Å². The fraction of sp³-hybridized carbons (Fsp3) is 0.800. The van der Waals surface area contributed by atoms with Gasteiger partial charge in [0, 0.05) is 19.1 Å². The monoisotopic (exact) mass is 340 g/mol. The molecule has 3 rings (SSSR count). The van der Waals surface area contributed by atoms with Crippen molar-refractivity contribution in [2.75, 3.05) is 37.8 Å². The fourth-order valence-corrected chi connectivity index (χ4v) is 3.58. The largest absolute Gasteiger partial charge is 0.464 e. The van der Waals surface area contributed by atoms with E-state index < -0.39 is 0 Å². The Kier molecular flexibility index (Phi) is 6.04. The van der Waals surface area contributed by atoms with Crippen LogP contribution in [0.1, 0.15) is 38.5 Å². The highest BCUT2D eigenvalue weighted by molar-refractivity contribution is 6.99. The Hall–Kier alpha value is -1.41. The molecule has 2 heterocycles. The van der Waals surface area contributed by atoms with Gasteiger partial charge in [-0.1, -0.05) is 25.7 Å². The summed E-state index contributed by atoms with van der Waals surface area (Å²) in [6.07, 6.45) is 7.09. The fourth-order valence-electron chi connectivity index (χ4n) is 3.06. The molecule has 2 fully saturated rings. The molecule has 1 aromatic rings. The van der Waals surface area contributed by atoms with Crippen LogP contribution in [-0.2, 0) is 9.53 Å². The molecule has 1 amide bonds. The predicted molar refractivity (Wildman–Crippen MR) is 88.1 cm³/mol. The number of ether oxygens (including phenoxy) is 2. The number of rotatable bonds is 5. The average Bonchev–Trinajstić information content (AvgIpc) is 2.91. The Morgan fingerprint density at radius 2 is 1.96 bits per heavy atom. The van der Waals surface area contributed by atoms with Gasteiger partial charge in [0.15, 0.2) is 6.61 Å². The van der Waals surface area contributed by atoms with Crippen LogP contribution < -0.4 is 15.0 Å².